The molecule has 1 aromatic carbocycles. The molecule has 0 heterocycles. The molecule has 1 aromatic rings. The zero-order valence-electron chi connectivity index (χ0n) is 11.4. The average molecular weight is 248 g/mol. The Hall–Kier alpha value is -1.64. The van der Waals surface area contributed by atoms with E-state index in [9.17, 15) is 9.59 Å². The summed E-state index contributed by atoms with van der Waals surface area (Å²) in [6.45, 7) is 7.87. The molecular formula is C15H20O3. The van der Waals surface area contributed by atoms with Crippen molar-refractivity contribution >= 4 is 11.8 Å². The maximum atomic E-state index is 11.8. The van der Waals surface area contributed by atoms with Crippen molar-refractivity contribution < 1.29 is 14.3 Å². The third kappa shape index (κ3) is 4.32. The molecule has 0 N–H and O–H groups in total. The van der Waals surface area contributed by atoms with Gasteiger partial charge in [-0.15, -0.1) is 0 Å². The van der Waals surface area contributed by atoms with E-state index in [-0.39, 0.29) is 30.2 Å². The van der Waals surface area contributed by atoms with Crippen molar-refractivity contribution in [2.75, 3.05) is 6.61 Å². The number of hydrogen-bond donors (Lipinski definition) is 0. The van der Waals surface area contributed by atoms with E-state index in [1.165, 1.54) is 12.5 Å². The number of carbonyl (C=O) groups excluding carboxylic acids is 2. The lowest BCUT2D eigenvalue weighted by molar-refractivity contribution is -0.140. The third-order valence-corrected chi connectivity index (χ3v) is 2.71. The first-order valence-electron chi connectivity index (χ1n) is 6.08. The lowest BCUT2D eigenvalue weighted by Crippen LogP contribution is -2.12. The lowest BCUT2D eigenvalue weighted by Gasteiger charge is -2.18. The van der Waals surface area contributed by atoms with Crippen LogP contribution in [-0.4, -0.2) is 18.4 Å². The van der Waals surface area contributed by atoms with E-state index in [0.717, 1.165) is 0 Å². The van der Waals surface area contributed by atoms with Crippen molar-refractivity contribution in [3.8, 4) is 0 Å². The maximum absolute atomic E-state index is 11.8. The standard InChI is InChI=1S/C15H20O3/c1-11(16)18-10-9-14(17)12-5-7-13(8-6-12)15(2,3)4/h5-8H,9-10H2,1-4H3. The van der Waals surface area contributed by atoms with Crippen LogP contribution in [-0.2, 0) is 14.9 Å². The van der Waals surface area contributed by atoms with Gasteiger partial charge in [-0.1, -0.05) is 45.0 Å². The molecule has 0 unspecified atom stereocenters. The number of rotatable bonds is 4. The summed E-state index contributed by atoms with van der Waals surface area (Å²) >= 11 is 0. The smallest absolute Gasteiger partial charge is 0.302 e. The van der Waals surface area contributed by atoms with E-state index >= 15 is 0 Å². The second kappa shape index (κ2) is 5.80. The summed E-state index contributed by atoms with van der Waals surface area (Å²) < 4.78 is 4.75. The van der Waals surface area contributed by atoms with Crippen LogP contribution < -0.4 is 0 Å². The molecule has 1 rings (SSSR count). The molecular weight excluding hydrogens is 228 g/mol. The molecule has 0 radical (unpaired) electrons. The zero-order chi connectivity index (χ0) is 13.8. The molecule has 3 nitrogen and oxygen atoms in total. The third-order valence-electron chi connectivity index (χ3n) is 2.71. The van der Waals surface area contributed by atoms with Crippen LogP contribution in [0.2, 0.25) is 0 Å². The first kappa shape index (κ1) is 14.4. The molecule has 0 saturated heterocycles. The summed E-state index contributed by atoms with van der Waals surface area (Å²) in [5, 5.41) is 0. The molecule has 0 aliphatic carbocycles. The molecule has 0 bridgehead atoms. The summed E-state index contributed by atoms with van der Waals surface area (Å²) in [6.07, 6.45) is 0.231. The van der Waals surface area contributed by atoms with Gasteiger partial charge in [-0.3, -0.25) is 9.59 Å². The van der Waals surface area contributed by atoms with Gasteiger partial charge in [-0.05, 0) is 11.0 Å². The normalized spacial score (nSPS) is 11.1. The summed E-state index contributed by atoms with van der Waals surface area (Å²) in [5.41, 5.74) is 1.94. The van der Waals surface area contributed by atoms with Gasteiger partial charge in [0.1, 0.15) is 0 Å². The molecule has 0 atom stereocenters. The van der Waals surface area contributed by atoms with E-state index in [0.29, 0.717) is 5.56 Å². The molecule has 0 amide bonds. The van der Waals surface area contributed by atoms with Crippen molar-refractivity contribution in [1.29, 1.82) is 0 Å². The van der Waals surface area contributed by atoms with Crippen LogP contribution in [0.25, 0.3) is 0 Å². The van der Waals surface area contributed by atoms with Crippen molar-refractivity contribution in [2.24, 2.45) is 0 Å². The van der Waals surface area contributed by atoms with Crippen LogP contribution in [0.1, 0.15) is 50.0 Å². The summed E-state index contributed by atoms with van der Waals surface area (Å²) in [6, 6.07) is 7.60. The van der Waals surface area contributed by atoms with E-state index in [1.807, 2.05) is 24.3 Å². The number of ether oxygens (including phenoxy) is 1. The van der Waals surface area contributed by atoms with Gasteiger partial charge >= 0.3 is 5.97 Å². The fourth-order valence-corrected chi connectivity index (χ4v) is 1.59. The zero-order valence-corrected chi connectivity index (χ0v) is 11.4. The molecule has 0 fully saturated rings. The van der Waals surface area contributed by atoms with Gasteiger partial charge in [0, 0.05) is 18.9 Å². The minimum Gasteiger partial charge on any atom is -0.465 e. The second-order valence-electron chi connectivity index (χ2n) is 5.34. The Kier molecular flexibility index (Phi) is 4.65. The summed E-state index contributed by atoms with van der Waals surface area (Å²) in [4.78, 5) is 22.4. The molecule has 18 heavy (non-hydrogen) atoms. The first-order chi connectivity index (χ1) is 8.30. The van der Waals surface area contributed by atoms with Gasteiger partial charge in [0.15, 0.2) is 5.78 Å². The van der Waals surface area contributed by atoms with Crippen molar-refractivity contribution in [3.63, 3.8) is 0 Å². The lowest BCUT2D eigenvalue weighted by atomic mass is 9.86. The number of benzene rings is 1. The van der Waals surface area contributed by atoms with Crippen LogP contribution in [0.15, 0.2) is 24.3 Å². The van der Waals surface area contributed by atoms with Crippen LogP contribution >= 0.6 is 0 Å². The van der Waals surface area contributed by atoms with Crippen LogP contribution in [0.3, 0.4) is 0 Å². The topological polar surface area (TPSA) is 43.4 Å². The quantitative estimate of drug-likeness (QED) is 0.607. The fraction of sp³-hybridized carbons (Fsp3) is 0.467. The Balaban J connectivity index is 2.62. The van der Waals surface area contributed by atoms with Crippen molar-refractivity contribution in [1.82, 2.24) is 0 Å². The highest BCUT2D eigenvalue weighted by molar-refractivity contribution is 5.96. The Morgan fingerprint density at radius 1 is 1.11 bits per heavy atom. The maximum Gasteiger partial charge on any atom is 0.302 e. The molecule has 0 spiro atoms. The SMILES string of the molecule is CC(=O)OCCC(=O)c1ccc(C(C)(C)C)cc1. The molecule has 98 valence electrons. The first-order valence-corrected chi connectivity index (χ1v) is 6.08. The van der Waals surface area contributed by atoms with Crippen LogP contribution in [0.4, 0.5) is 0 Å². The van der Waals surface area contributed by atoms with E-state index in [2.05, 4.69) is 20.8 Å². The molecule has 0 saturated carbocycles. The van der Waals surface area contributed by atoms with Gasteiger partial charge in [-0.2, -0.15) is 0 Å². The number of carbonyl (C=O) groups is 2. The molecule has 0 aliphatic rings. The minimum absolute atomic E-state index is 0.00305. The monoisotopic (exact) mass is 248 g/mol. The molecule has 0 aromatic heterocycles. The van der Waals surface area contributed by atoms with E-state index in [4.69, 9.17) is 4.74 Å². The Morgan fingerprint density at radius 3 is 2.11 bits per heavy atom. The van der Waals surface area contributed by atoms with Gasteiger partial charge in [0.05, 0.1) is 6.61 Å². The molecule has 0 aliphatic heterocycles. The summed E-state index contributed by atoms with van der Waals surface area (Å²) in [7, 11) is 0. The Labute approximate surface area is 108 Å². The van der Waals surface area contributed by atoms with Crippen LogP contribution in [0.5, 0.6) is 0 Å². The fourth-order valence-electron chi connectivity index (χ4n) is 1.59. The van der Waals surface area contributed by atoms with Crippen molar-refractivity contribution in [2.45, 2.75) is 39.5 Å². The second-order valence-corrected chi connectivity index (χ2v) is 5.34. The van der Waals surface area contributed by atoms with E-state index in [1.54, 1.807) is 0 Å². The highest BCUT2D eigenvalue weighted by Crippen LogP contribution is 2.22. The average Bonchev–Trinajstić information content (AvgIpc) is 2.27. The van der Waals surface area contributed by atoms with Crippen molar-refractivity contribution in [3.05, 3.63) is 35.4 Å². The predicted octanol–water partition coefficient (Wildman–Crippen LogP) is 3.12. The van der Waals surface area contributed by atoms with Gasteiger partial charge in [0.25, 0.3) is 0 Å². The van der Waals surface area contributed by atoms with E-state index < -0.39 is 0 Å². The van der Waals surface area contributed by atoms with Gasteiger partial charge in [0.2, 0.25) is 0 Å². The highest BCUT2D eigenvalue weighted by Gasteiger charge is 2.14. The predicted molar refractivity (Wildman–Crippen MR) is 70.7 cm³/mol. The molecule has 3 heteroatoms. The number of ketones is 1. The number of hydrogen-bond acceptors (Lipinski definition) is 3. The highest BCUT2D eigenvalue weighted by atomic mass is 16.5. The number of esters is 1. The van der Waals surface area contributed by atoms with Crippen LogP contribution in [0, 0.1) is 0 Å². The minimum atomic E-state index is -0.356. The largest absolute Gasteiger partial charge is 0.465 e. The Morgan fingerprint density at radius 2 is 1.67 bits per heavy atom. The van der Waals surface area contributed by atoms with Gasteiger partial charge < -0.3 is 4.74 Å². The number of Topliss-reactive ketones (excluding diaryl/α,β-unsaturated/α-hetero) is 1. The summed E-state index contributed by atoms with van der Waals surface area (Å²) in [5.74, 6) is -0.359. The Bertz CT molecular complexity index is 424. The van der Waals surface area contributed by atoms with Gasteiger partial charge in [-0.25, -0.2) is 0 Å².